The molecular weight excluding hydrogens is 326 g/mol. The number of carbonyl (C=O) groups excluding carboxylic acids is 1. The number of nitrogens with two attached hydrogens (primary N) is 1. The van der Waals surface area contributed by atoms with Crippen molar-refractivity contribution in [1.29, 1.82) is 0 Å². The molecule has 5 heteroatoms. The highest BCUT2D eigenvalue weighted by Gasteiger charge is 2.27. The molecule has 0 radical (unpaired) electrons. The number of nitrogens with one attached hydrogen (secondary N) is 1. The minimum atomic E-state index is -0.728. The first-order valence-corrected chi connectivity index (χ1v) is 9.11. The highest BCUT2D eigenvalue weighted by Crippen LogP contribution is 2.20. The fraction of sp³-hybridized carbons (Fsp3) is 0.429. The maximum atomic E-state index is 12.6. The molecule has 0 aliphatic heterocycles. The van der Waals surface area contributed by atoms with Crippen molar-refractivity contribution in [3.05, 3.63) is 66.0 Å². The van der Waals surface area contributed by atoms with Gasteiger partial charge in [0.2, 0.25) is 5.91 Å². The standard InChI is InChI=1S/C21H29N3O2/c1-15(2)18(21(26)24-14-17-8-10-23-11-9-17)13-20(25)19(22)12-16-6-4-3-5-7-16/h3-11,15,18-20,25H,12-14,22H2,1-2H3,(H,24,26)/t18-,19-,20-/m0/s1. The van der Waals surface area contributed by atoms with E-state index in [-0.39, 0.29) is 17.7 Å². The Labute approximate surface area is 155 Å². The molecule has 5 nitrogen and oxygen atoms in total. The Balaban J connectivity index is 1.90. The van der Waals surface area contributed by atoms with Crippen molar-refractivity contribution in [3.63, 3.8) is 0 Å². The predicted molar refractivity (Wildman–Crippen MR) is 103 cm³/mol. The summed E-state index contributed by atoms with van der Waals surface area (Å²) in [5.41, 5.74) is 8.26. The Kier molecular flexibility index (Phi) is 7.75. The van der Waals surface area contributed by atoms with Gasteiger partial charge in [-0.3, -0.25) is 9.78 Å². The van der Waals surface area contributed by atoms with E-state index < -0.39 is 12.1 Å². The number of amides is 1. The highest BCUT2D eigenvalue weighted by atomic mass is 16.3. The van der Waals surface area contributed by atoms with Crippen LogP contribution in [0.15, 0.2) is 54.9 Å². The van der Waals surface area contributed by atoms with Gasteiger partial charge in [0.25, 0.3) is 0 Å². The van der Waals surface area contributed by atoms with Crippen molar-refractivity contribution in [1.82, 2.24) is 10.3 Å². The van der Waals surface area contributed by atoms with Gasteiger partial charge in [-0.2, -0.15) is 0 Å². The maximum Gasteiger partial charge on any atom is 0.223 e. The van der Waals surface area contributed by atoms with Crippen LogP contribution in [0, 0.1) is 11.8 Å². The lowest BCUT2D eigenvalue weighted by Gasteiger charge is -2.26. The number of aliphatic hydroxyl groups excluding tert-OH is 1. The summed E-state index contributed by atoms with van der Waals surface area (Å²) in [5.74, 6) is -0.220. The first-order chi connectivity index (χ1) is 12.5. The summed E-state index contributed by atoms with van der Waals surface area (Å²) in [7, 11) is 0. The zero-order valence-electron chi connectivity index (χ0n) is 15.5. The summed E-state index contributed by atoms with van der Waals surface area (Å²) >= 11 is 0. The predicted octanol–water partition coefficient (Wildman–Crippen LogP) is 2.29. The SMILES string of the molecule is CC(C)[C@H](C[C@H](O)[C@@H](N)Cc1ccccc1)C(=O)NCc1ccncc1. The molecule has 0 bridgehead atoms. The molecule has 0 aliphatic carbocycles. The fourth-order valence-electron chi connectivity index (χ4n) is 2.96. The number of benzene rings is 1. The topological polar surface area (TPSA) is 88.2 Å². The van der Waals surface area contributed by atoms with Crippen molar-refractivity contribution in [2.24, 2.45) is 17.6 Å². The van der Waals surface area contributed by atoms with Crippen molar-refractivity contribution in [3.8, 4) is 0 Å². The fourth-order valence-corrected chi connectivity index (χ4v) is 2.96. The molecule has 1 aromatic heterocycles. The minimum Gasteiger partial charge on any atom is -0.391 e. The third-order valence-electron chi connectivity index (χ3n) is 4.66. The van der Waals surface area contributed by atoms with Crippen LogP contribution < -0.4 is 11.1 Å². The number of rotatable bonds is 9. The average Bonchev–Trinajstić information content (AvgIpc) is 2.65. The van der Waals surface area contributed by atoms with E-state index in [2.05, 4.69) is 10.3 Å². The molecule has 1 aromatic carbocycles. The molecule has 0 saturated carbocycles. The summed E-state index contributed by atoms with van der Waals surface area (Å²) in [6, 6.07) is 13.2. The lowest BCUT2D eigenvalue weighted by molar-refractivity contribution is -0.127. The second-order valence-electron chi connectivity index (χ2n) is 7.08. The molecule has 2 aromatic rings. The van der Waals surface area contributed by atoms with E-state index in [1.807, 2.05) is 56.3 Å². The lowest BCUT2D eigenvalue weighted by atomic mass is 9.86. The molecule has 3 atom stereocenters. The number of carbonyl (C=O) groups is 1. The molecule has 0 spiro atoms. The van der Waals surface area contributed by atoms with Crippen LogP contribution in [0.2, 0.25) is 0 Å². The smallest absolute Gasteiger partial charge is 0.223 e. The number of aromatic nitrogens is 1. The number of nitrogens with zero attached hydrogens (tertiary/aromatic N) is 1. The number of aliphatic hydroxyl groups is 1. The van der Waals surface area contributed by atoms with E-state index in [0.29, 0.717) is 19.4 Å². The van der Waals surface area contributed by atoms with E-state index in [9.17, 15) is 9.90 Å². The Morgan fingerprint density at radius 1 is 1.12 bits per heavy atom. The Morgan fingerprint density at radius 3 is 2.38 bits per heavy atom. The lowest BCUT2D eigenvalue weighted by Crippen LogP contribution is -2.42. The van der Waals surface area contributed by atoms with Crippen LogP contribution >= 0.6 is 0 Å². The average molecular weight is 355 g/mol. The zero-order chi connectivity index (χ0) is 18.9. The van der Waals surface area contributed by atoms with Gasteiger partial charge in [-0.1, -0.05) is 44.2 Å². The summed E-state index contributed by atoms with van der Waals surface area (Å²) < 4.78 is 0. The molecule has 0 unspecified atom stereocenters. The molecule has 2 rings (SSSR count). The monoisotopic (exact) mass is 355 g/mol. The molecule has 26 heavy (non-hydrogen) atoms. The summed E-state index contributed by atoms with van der Waals surface area (Å²) in [4.78, 5) is 16.6. The molecule has 0 fully saturated rings. The minimum absolute atomic E-state index is 0.0530. The van der Waals surface area contributed by atoms with Gasteiger partial charge in [-0.25, -0.2) is 0 Å². The second-order valence-corrected chi connectivity index (χ2v) is 7.08. The van der Waals surface area contributed by atoms with Gasteiger partial charge >= 0.3 is 0 Å². The normalized spacial score (nSPS) is 14.7. The van der Waals surface area contributed by atoms with Gasteiger partial charge in [0, 0.05) is 30.9 Å². The van der Waals surface area contributed by atoms with Crippen LogP contribution in [0.1, 0.15) is 31.4 Å². The van der Waals surface area contributed by atoms with Crippen LogP contribution in [0.4, 0.5) is 0 Å². The maximum absolute atomic E-state index is 12.6. The van der Waals surface area contributed by atoms with Gasteiger partial charge in [0.1, 0.15) is 0 Å². The summed E-state index contributed by atoms with van der Waals surface area (Å²) in [6.45, 7) is 4.44. The van der Waals surface area contributed by atoms with E-state index in [1.165, 1.54) is 0 Å². The quantitative estimate of drug-likeness (QED) is 0.644. The van der Waals surface area contributed by atoms with Gasteiger partial charge in [-0.15, -0.1) is 0 Å². The molecular formula is C21H29N3O2. The zero-order valence-corrected chi connectivity index (χ0v) is 15.5. The first-order valence-electron chi connectivity index (χ1n) is 9.11. The van der Waals surface area contributed by atoms with E-state index in [4.69, 9.17) is 5.73 Å². The van der Waals surface area contributed by atoms with E-state index in [0.717, 1.165) is 11.1 Å². The summed E-state index contributed by atoms with van der Waals surface area (Å²) in [5, 5.41) is 13.5. The summed E-state index contributed by atoms with van der Waals surface area (Å²) in [6.07, 6.45) is 3.62. The highest BCUT2D eigenvalue weighted by molar-refractivity contribution is 5.78. The molecule has 1 heterocycles. The first kappa shape index (κ1) is 20.1. The van der Waals surface area contributed by atoms with Crippen molar-refractivity contribution < 1.29 is 9.90 Å². The number of hydrogen-bond donors (Lipinski definition) is 3. The van der Waals surface area contributed by atoms with Crippen molar-refractivity contribution in [2.75, 3.05) is 0 Å². The number of pyridine rings is 1. The van der Waals surface area contributed by atoms with E-state index in [1.54, 1.807) is 12.4 Å². The molecule has 0 aliphatic rings. The van der Waals surface area contributed by atoms with Gasteiger partial charge in [0.15, 0.2) is 0 Å². The van der Waals surface area contributed by atoms with Crippen LogP contribution in [0.25, 0.3) is 0 Å². The van der Waals surface area contributed by atoms with Crippen molar-refractivity contribution >= 4 is 5.91 Å². The second kappa shape index (κ2) is 10.0. The Hall–Kier alpha value is -2.24. The van der Waals surface area contributed by atoms with Crippen LogP contribution in [0.3, 0.4) is 0 Å². The van der Waals surface area contributed by atoms with Crippen molar-refractivity contribution in [2.45, 2.75) is 45.4 Å². The van der Waals surface area contributed by atoms with Crippen LogP contribution in [0.5, 0.6) is 0 Å². The Bertz CT molecular complexity index is 661. The Morgan fingerprint density at radius 2 is 1.77 bits per heavy atom. The van der Waals surface area contributed by atoms with Crippen LogP contribution in [-0.2, 0) is 17.8 Å². The van der Waals surface area contributed by atoms with Gasteiger partial charge in [-0.05, 0) is 42.0 Å². The van der Waals surface area contributed by atoms with Gasteiger partial charge < -0.3 is 16.2 Å². The van der Waals surface area contributed by atoms with Crippen LogP contribution in [-0.4, -0.2) is 28.1 Å². The third-order valence-corrected chi connectivity index (χ3v) is 4.66. The molecule has 0 saturated heterocycles. The van der Waals surface area contributed by atoms with E-state index >= 15 is 0 Å². The molecule has 4 N–H and O–H groups in total. The molecule has 1 amide bonds. The third kappa shape index (κ3) is 6.24. The molecule has 140 valence electrons. The van der Waals surface area contributed by atoms with Gasteiger partial charge in [0.05, 0.1) is 6.10 Å². The number of hydrogen-bond acceptors (Lipinski definition) is 4. The largest absolute Gasteiger partial charge is 0.391 e.